The fourth-order valence-corrected chi connectivity index (χ4v) is 2.07. The first kappa shape index (κ1) is 11.4. The first-order valence-electron chi connectivity index (χ1n) is 6.09. The monoisotopic (exact) mass is 220 g/mol. The van der Waals surface area contributed by atoms with Crippen molar-refractivity contribution in [2.45, 2.75) is 45.8 Å². The molecule has 1 aliphatic carbocycles. The number of anilines is 1. The Morgan fingerprint density at radius 2 is 2.19 bits per heavy atom. The molecule has 1 heterocycles. The van der Waals surface area contributed by atoms with Crippen molar-refractivity contribution in [3.05, 3.63) is 23.4 Å². The second-order valence-electron chi connectivity index (χ2n) is 4.56. The Balaban J connectivity index is 2.25. The Labute approximate surface area is 97.1 Å². The molecule has 3 heteroatoms. The number of nitrogens with zero attached hydrogens (tertiary/aromatic N) is 2. The molecular weight excluding hydrogens is 200 g/mol. The van der Waals surface area contributed by atoms with Gasteiger partial charge < -0.3 is 10.0 Å². The normalized spacial score (nSPS) is 15.2. The van der Waals surface area contributed by atoms with Crippen LogP contribution in [0.3, 0.4) is 0 Å². The van der Waals surface area contributed by atoms with Gasteiger partial charge in [-0.25, -0.2) is 4.98 Å². The first-order chi connectivity index (χ1) is 7.74. The van der Waals surface area contributed by atoms with E-state index in [2.05, 4.69) is 16.8 Å². The largest absolute Gasteiger partial charge is 0.392 e. The zero-order valence-electron chi connectivity index (χ0n) is 10.1. The van der Waals surface area contributed by atoms with Crippen molar-refractivity contribution in [1.82, 2.24) is 4.98 Å². The summed E-state index contributed by atoms with van der Waals surface area (Å²) in [5.41, 5.74) is 1.95. The Hall–Kier alpha value is -1.09. The van der Waals surface area contributed by atoms with Crippen LogP contribution in [0.25, 0.3) is 0 Å². The summed E-state index contributed by atoms with van der Waals surface area (Å²) in [4.78, 5) is 6.96. The van der Waals surface area contributed by atoms with Gasteiger partial charge >= 0.3 is 0 Å². The fourth-order valence-electron chi connectivity index (χ4n) is 2.07. The van der Waals surface area contributed by atoms with Crippen molar-refractivity contribution >= 4 is 5.82 Å². The summed E-state index contributed by atoms with van der Waals surface area (Å²) in [6.07, 6.45) is 3.70. The van der Waals surface area contributed by atoms with E-state index >= 15 is 0 Å². The molecular formula is C13H20N2O. The van der Waals surface area contributed by atoms with E-state index in [1.807, 2.05) is 19.1 Å². The number of aliphatic hydroxyl groups excluding tert-OH is 1. The first-order valence-corrected chi connectivity index (χ1v) is 6.09. The molecule has 0 amide bonds. The topological polar surface area (TPSA) is 36.4 Å². The van der Waals surface area contributed by atoms with Gasteiger partial charge in [0.2, 0.25) is 0 Å². The van der Waals surface area contributed by atoms with Crippen LogP contribution in [0.15, 0.2) is 12.1 Å². The highest BCUT2D eigenvalue weighted by atomic mass is 16.3. The second-order valence-corrected chi connectivity index (χ2v) is 4.56. The van der Waals surface area contributed by atoms with Gasteiger partial charge in [0.25, 0.3) is 0 Å². The minimum Gasteiger partial charge on any atom is -0.392 e. The van der Waals surface area contributed by atoms with Gasteiger partial charge in [0.05, 0.1) is 6.61 Å². The summed E-state index contributed by atoms with van der Waals surface area (Å²) in [6, 6.07) is 4.64. The van der Waals surface area contributed by atoms with Crippen LogP contribution >= 0.6 is 0 Å². The number of aliphatic hydroxyl groups is 1. The quantitative estimate of drug-likeness (QED) is 0.827. The molecule has 0 aromatic carbocycles. The Morgan fingerprint density at radius 3 is 2.75 bits per heavy atom. The number of rotatable bonds is 5. The molecule has 0 unspecified atom stereocenters. The average Bonchev–Trinajstić information content (AvgIpc) is 3.08. The third kappa shape index (κ3) is 2.53. The molecule has 1 aromatic rings. The second kappa shape index (κ2) is 4.83. The van der Waals surface area contributed by atoms with Crippen LogP contribution in [-0.2, 0) is 6.61 Å². The van der Waals surface area contributed by atoms with Crippen molar-refractivity contribution in [3.63, 3.8) is 0 Å². The lowest BCUT2D eigenvalue weighted by Gasteiger charge is -2.23. The molecule has 3 nitrogen and oxygen atoms in total. The van der Waals surface area contributed by atoms with Crippen molar-refractivity contribution in [1.29, 1.82) is 0 Å². The molecule has 2 rings (SSSR count). The lowest BCUT2D eigenvalue weighted by molar-refractivity contribution is 0.281. The fraction of sp³-hybridized carbons (Fsp3) is 0.615. The highest BCUT2D eigenvalue weighted by Gasteiger charge is 2.29. The smallest absolute Gasteiger partial charge is 0.129 e. The maximum Gasteiger partial charge on any atom is 0.129 e. The molecule has 1 fully saturated rings. The third-order valence-electron chi connectivity index (χ3n) is 2.93. The molecule has 0 saturated heterocycles. The van der Waals surface area contributed by atoms with Crippen LogP contribution < -0.4 is 4.90 Å². The van der Waals surface area contributed by atoms with E-state index in [-0.39, 0.29) is 6.61 Å². The molecule has 0 atom stereocenters. The van der Waals surface area contributed by atoms with E-state index in [1.54, 1.807) is 0 Å². The highest BCUT2D eigenvalue weighted by molar-refractivity contribution is 5.44. The van der Waals surface area contributed by atoms with E-state index in [1.165, 1.54) is 12.8 Å². The molecule has 0 aliphatic heterocycles. The van der Waals surface area contributed by atoms with E-state index in [0.29, 0.717) is 6.04 Å². The summed E-state index contributed by atoms with van der Waals surface area (Å²) in [7, 11) is 0. The van der Waals surface area contributed by atoms with Crippen LogP contribution in [-0.4, -0.2) is 22.7 Å². The standard InChI is InChI=1S/C13H20N2O/c1-3-6-15(12-4-5-12)13-8-11(9-16)7-10(2)14-13/h7-8,12,16H,3-6,9H2,1-2H3. The number of aromatic nitrogens is 1. The molecule has 1 aliphatic rings. The van der Waals surface area contributed by atoms with E-state index in [9.17, 15) is 5.11 Å². The number of hydrogen-bond acceptors (Lipinski definition) is 3. The minimum atomic E-state index is 0.0982. The maximum absolute atomic E-state index is 9.21. The van der Waals surface area contributed by atoms with E-state index in [4.69, 9.17) is 0 Å². The number of aryl methyl sites for hydroxylation is 1. The molecule has 1 aromatic heterocycles. The lowest BCUT2D eigenvalue weighted by Crippen LogP contribution is -2.27. The van der Waals surface area contributed by atoms with Crippen molar-refractivity contribution in [2.75, 3.05) is 11.4 Å². The van der Waals surface area contributed by atoms with Crippen LogP contribution in [0.2, 0.25) is 0 Å². The summed E-state index contributed by atoms with van der Waals surface area (Å²) < 4.78 is 0. The molecule has 0 spiro atoms. The van der Waals surface area contributed by atoms with Crippen molar-refractivity contribution in [2.24, 2.45) is 0 Å². The van der Waals surface area contributed by atoms with Gasteiger partial charge in [-0.15, -0.1) is 0 Å². The zero-order valence-corrected chi connectivity index (χ0v) is 10.1. The van der Waals surface area contributed by atoms with Crippen LogP contribution in [0.4, 0.5) is 5.82 Å². The van der Waals surface area contributed by atoms with Gasteiger partial charge in [0.15, 0.2) is 0 Å². The molecule has 16 heavy (non-hydrogen) atoms. The Kier molecular flexibility index (Phi) is 3.44. The predicted octanol–water partition coefficient (Wildman–Crippen LogP) is 2.26. The van der Waals surface area contributed by atoms with Crippen molar-refractivity contribution in [3.8, 4) is 0 Å². The summed E-state index contributed by atoms with van der Waals surface area (Å²) in [6.45, 7) is 5.34. The lowest BCUT2D eigenvalue weighted by atomic mass is 10.2. The van der Waals surface area contributed by atoms with Crippen LogP contribution in [0, 0.1) is 6.92 Å². The Bertz CT molecular complexity index is 361. The molecule has 0 bridgehead atoms. The highest BCUT2D eigenvalue weighted by Crippen LogP contribution is 2.31. The molecule has 1 saturated carbocycles. The van der Waals surface area contributed by atoms with Crippen molar-refractivity contribution < 1.29 is 5.11 Å². The van der Waals surface area contributed by atoms with Crippen LogP contribution in [0.1, 0.15) is 37.4 Å². The Morgan fingerprint density at radius 1 is 1.44 bits per heavy atom. The summed E-state index contributed by atoms with van der Waals surface area (Å²) in [5, 5.41) is 9.21. The van der Waals surface area contributed by atoms with Gasteiger partial charge in [0.1, 0.15) is 5.82 Å². The zero-order chi connectivity index (χ0) is 11.5. The summed E-state index contributed by atoms with van der Waals surface area (Å²) >= 11 is 0. The van der Waals surface area contributed by atoms with E-state index < -0.39 is 0 Å². The van der Waals surface area contributed by atoms with Gasteiger partial charge in [-0.1, -0.05) is 6.92 Å². The average molecular weight is 220 g/mol. The summed E-state index contributed by atoms with van der Waals surface area (Å²) in [5.74, 6) is 1.04. The molecule has 1 N–H and O–H groups in total. The maximum atomic E-state index is 9.21. The number of pyridine rings is 1. The van der Waals surface area contributed by atoms with Gasteiger partial charge in [0, 0.05) is 18.3 Å². The van der Waals surface area contributed by atoms with Gasteiger partial charge in [-0.2, -0.15) is 0 Å². The predicted molar refractivity (Wildman–Crippen MR) is 65.6 cm³/mol. The minimum absolute atomic E-state index is 0.0982. The van der Waals surface area contributed by atoms with Gasteiger partial charge in [-0.05, 0) is 43.9 Å². The van der Waals surface area contributed by atoms with Gasteiger partial charge in [-0.3, -0.25) is 0 Å². The SMILES string of the molecule is CCCN(c1cc(CO)cc(C)n1)C1CC1. The number of hydrogen-bond donors (Lipinski definition) is 1. The third-order valence-corrected chi connectivity index (χ3v) is 2.93. The van der Waals surface area contributed by atoms with E-state index in [0.717, 1.165) is 30.0 Å². The molecule has 88 valence electrons. The molecule has 0 radical (unpaired) electrons. The van der Waals surface area contributed by atoms with Crippen LogP contribution in [0.5, 0.6) is 0 Å².